The van der Waals surface area contributed by atoms with Crippen LogP contribution in [0.5, 0.6) is 0 Å². The summed E-state index contributed by atoms with van der Waals surface area (Å²) in [6.07, 6.45) is 8.36. The first-order valence-corrected chi connectivity index (χ1v) is 7.60. The first-order chi connectivity index (χ1) is 9.23. The fraction of sp³-hybridized carbons (Fsp3) is 0.800. The van der Waals surface area contributed by atoms with Gasteiger partial charge in [0.1, 0.15) is 5.82 Å². The summed E-state index contributed by atoms with van der Waals surface area (Å²) >= 11 is 0. The SMILES string of the molecule is CCn1ccnc1CNC1CCOC(CC)(CC)C1. The zero-order valence-electron chi connectivity index (χ0n) is 12.5. The van der Waals surface area contributed by atoms with Crippen LogP contribution in [0.1, 0.15) is 52.3 Å². The maximum absolute atomic E-state index is 6.02. The van der Waals surface area contributed by atoms with Gasteiger partial charge < -0.3 is 14.6 Å². The van der Waals surface area contributed by atoms with Crippen molar-refractivity contribution < 1.29 is 4.74 Å². The zero-order valence-corrected chi connectivity index (χ0v) is 12.5. The summed E-state index contributed by atoms with van der Waals surface area (Å²) in [7, 11) is 0. The number of aryl methyl sites for hydroxylation is 1. The number of rotatable bonds is 6. The molecule has 1 saturated heterocycles. The summed E-state index contributed by atoms with van der Waals surface area (Å²) in [4.78, 5) is 4.42. The number of aromatic nitrogens is 2. The van der Waals surface area contributed by atoms with Crippen LogP contribution in [-0.2, 0) is 17.8 Å². The maximum Gasteiger partial charge on any atom is 0.122 e. The van der Waals surface area contributed by atoms with E-state index >= 15 is 0 Å². The van der Waals surface area contributed by atoms with E-state index in [0.717, 1.165) is 51.2 Å². The fourth-order valence-electron chi connectivity index (χ4n) is 2.98. The van der Waals surface area contributed by atoms with Crippen LogP contribution in [0, 0.1) is 0 Å². The van der Waals surface area contributed by atoms with Gasteiger partial charge in [0.2, 0.25) is 0 Å². The largest absolute Gasteiger partial charge is 0.375 e. The van der Waals surface area contributed by atoms with Crippen LogP contribution < -0.4 is 5.32 Å². The second kappa shape index (κ2) is 6.53. The standard InChI is InChI=1S/C15H27N3O/c1-4-15(5-2)11-13(7-10-19-15)17-12-14-16-8-9-18(14)6-3/h8-9,13,17H,4-7,10-12H2,1-3H3. The molecule has 0 radical (unpaired) electrons. The van der Waals surface area contributed by atoms with E-state index in [0.29, 0.717) is 6.04 Å². The molecule has 19 heavy (non-hydrogen) atoms. The quantitative estimate of drug-likeness (QED) is 0.859. The van der Waals surface area contributed by atoms with Crippen LogP contribution in [-0.4, -0.2) is 27.8 Å². The van der Waals surface area contributed by atoms with Crippen molar-refractivity contribution in [3.8, 4) is 0 Å². The average molecular weight is 265 g/mol. The Kier molecular flexibility index (Phi) is 4.99. The second-order valence-corrected chi connectivity index (χ2v) is 5.44. The molecule has 1 aliphatic rings. The van der Waals surface area contributed by atoms with Gasteiger partial charge in [0.05, 0.1) is 12.1 Å². The number of nitrogens with one attached hydrogen (secondary N) is 1. The summed E-state index contributed by atoms with van der Waals surface area (Å²) in [6.45, 7) is 9.33. The first-order valence-electron chi connectivity index (χ1n) is 7.60. The predicted octanol–water partition coefficient (Wildman–Crippen LogP) is 2.73. The van der Waals surface area contributed by atoms with Crippen molar-refractivity contribution in [1.29, 1.82) is 0 Å². The van der Waals surface area contributed by atoms with Gasteiger partial charge in [-0.2, -0.15) is 0 Å². The molecule has 1 fully saturated rings. The summed E-state index contributed by atoms with van der Waals surface area (Å²) < 4.78 is 8.21. The highest BCUT2D eigenvalue weighted by atomic mass is 16.5. The Hall–Kier alpha value is -0.870. The Balaban J connectivity index is 1.89. The van der Waals surface area contributed by atoms with Crippen molar-refractivity contribution in [2.24, 2.45) is 0 Å². The molecule has 2 rings (SSSR count). The normalized spacial score (nSPS) is 22.6. The lowest BCUT2D eigenvalue weighted by Crippen LogP contribution is -2.46. The topological polar surface area (TPSA) is 39.1 Å². The number of ether oxygens (including phenoxy) is 1. The van der Waals surface area contributed by atoms with Crippen LogP contribution in [0.15, 0.2) is 12.4 Å². The Morgan fingerprint density at radius 2 is 2.21 bits per heavy atom. The van der Waals surface area contributed by atoms with E-state index in [2.05, 4.69) is 35.6 Å². The van der Waals surface area contributed by atoms with Crippen molar-refractivity contribution in [2.45, 2.75) is 71.2 Å². The predicted molar refractivity (Wildman–Crippen MR) is 77.0 cm³/mol. The molecule has 0 amide bonds. The summed E-state index contributed by atoms with van der Waals surface area (Å²) in [5.74, 6) is 1.13. The van der Waals surface area contributed by atoms with Crippen molar-refractivity contribution in [2.75, 3.05) is 6.61 Å². The van der Waals surface area contributed by atoms with Crippen molar-refractivity contribution in [3.63, 3.8) is 0 Å². The van der Waals surface area contributed by atoms with Gasteiger partial charge in [-0.1, -0.05) is 13.8 Å². The van der Waals surface area contributed by atoms with E-state index in [-0.39, 0.29) is 5.60 Å². The molecule has 1 aromatic heterocycles. The third-order valence-electron chi connectivity index (χ3n) is 4.47. The highest BCUT2D eigenvalue weighted by Gasteiger charge is 2.34. The van der Waals surface area contributed by atoms with E-state index in [1.807, 2.05) is 12.4 Å². The molecule has 1 aromatic rings. The summed E-state index contributed by atoms with van der Waals surface area (Å²) in [6, 6.07) is 0.552. The third kappa shape index (κ3) is 3.37. The molecule has 2 heterocycles. The van der Waals surface area contributed by atoms with E-state index < -0.39 is 0 Å². The first kappa shape index (κ1) is 14.5. The lowest BCUT2D eigenvalue weighted by atomic mass is 9.86. The summed E-state index contributed by atoms with van der Waals surface area (Å²) in [5.41, 5.74) is 0.0933. The molecule has 1 aliphatic heterocycles. The van der Waals surface area contributed by atoms with Gasteiger partial charge in [-0.25, -0.2) is 4.98 Å². The van der Waals surface area contributed by atoms with Crippen LogP contribution in [0.3, 0.4) is 0 Å². The van der Waals surface area contributed by atoms with E-state index in [4.69, 9.17) is 4.74 Å². The fourth-order valence-corrected chi connectivity index (χ4v) is 2.98. The molecular weight excluding hydrogens is 238 g/mol. The minimum Gasteiger partial charge on any atom is -0.375 e. The number of hydrogen-bond donors (Lipinski definition) is 1. The number of nitrogens with zero attached hydrogens (tertiary/aromatic N) is 2. The van der Waals surface area contributed by atoms with Crippen LogP contribution in [0.25, 0.3) is 0 Å². The Bertz CT molecular complexity index is 384. The Morgan fingerprint density at radius 3 is 2.89 bits per heavy atom. The van der Waals surface area contributed by atoms with Gasteiger partial charge in [-0.15, -0.1) is 0 Å². The van der Waals surface area contributed by atoms with E-state index in [1.54, 1.807) is 0 Å². The molecule has 108 valence electrons. The molecule has 4 nitrogen and oxygen atoms in total. The highest BCUT2D eigenvalue weighted by Crippen LogP contribution is 2.31. The lowest BCUT2D eigenvalue weighted by Gasteiger charge is -2.40. The average Bonchev–Trinajstić information content (AvgIpc) is 2.92. The van der Waals surface area contributed by atoms with Gasteiger partial charge in [0, 0.05) is 31.6 Å². The number of hydrogen-bond acceptors (Lipinski definition) is 3. The molecule has 0 aliphatic carbocycles. The Labute approximate surface area is 116 Å². The zero-order chi connectivity index (χ0) is 13.7. The van der Waals surface area contributed by atoms with Crippen molar-refractivity contribution >= 4 is 0 Å². The van der Waals surface area contributed by atoms with Crippen LogP contribution in [0.4, 0.5) is 0 Å². The highest BCUT2D eigenvalue weighted by molar-refractivity contribution is 4.94. The third-order valence-corrected chi connectivity index (χ3v) is 4.47. The Morgan fingerprint density at radius 1 is 1.42 bits per heavy atom. The van der Waals surface area contributed by atoms with Crippen molar-refractivity contribution in [3.05, 3.63) is 18.2 Å². The molecule has 0 saturated carbocycles. The minimum atomic E-state index is 0.0933. The van der Waals surface area contributed by atoms with Crippen LogP contribution >= 0.6 is 0 Å². The summed E-state index contributed by atoms with van der Waals surface area (Å²) in [5, 5.41) is 3.66. The molecule has 0 aromatic carbocycles. The van der Waals surface area contributed by atoms with Gasteiger partial charge in [0.15, 0.2) is 0 Å². The molecule has 1 atom stereocenters. The van der Waals surface area contributed by atoms with Gasteiger partial charge >= 0.3 is 0 Å². The maximum atomic E-state index is 6.02. The minimum absolute atomic E-state index is 0.0933. The van der Waals surface area contributed by atoms with Crippen molar-refractivity contribution in [1.82, 2.24) is 14.9 Å². The molecule has 0 spiro atoms. The van der Waals surface area contributed by atoms with Crippen LogP contribution in [0.2, 0.25) is 0 Å². The van der Waals surface area contributed by atoms with Gasteiger partial charge in [-0.05, 0) is 32.6 Å². The molecule has 0 bridgehead atoms. The van der Waals surface area contributed by atoms with E-state index in [9.17, 15) is 0 Å². The molecule has 1 unspecified atom stereocenters. The molecule has 1 N–H and O–H groups in total. The lowest BCUT2D eigenvalue weighted by molar-refractivity contribution is -0.0932. The van der Waals surface area contributed by atoms with E-state index in [1.165, 1.54) is 0 Å². The molecular formula is C15H27N3O. The van der Waals surface area contributed by atoms with Gasteiger partial charge in [-0.3, -0.25) is 0 Å². The second-order valence-electron chi connectivity index (χ2n) is 5.44. The monoisotopic (exact) mass is 265 g/mol. The number of imidazole rings is 1. The molecule has 4 heteroatoms. The smallest absolute Gasteiger partial charge is 0.122 e. The van der Waals surface area contributed by atoms with Gasteiger partial charge in [0.25, 0.3) is 0 Å².